The first-order valence-corrected chi connectivity index (χ1v) is 4.60. The molecular formula is C11H12N2O3. The maximum atomic E-state index is 10.8. The third kappa shape index (κ3) is 2.89. The van der Waals surface area contributed by atoms with Crippen LogP contribution in [0.25, 0.3) is 0 Å². The zero-order chi connectivity index (χ0) is 12.0. The second-order valence-electron chi connectivity index (χ2n) is 2.97. The molecule has 1 amide bonds. The number of ether oxygens (including phenoxy) is 2. The number of nitrogens with one attached hydrogen (secondary N) is 1. The summed E-state index contributed by atoms with van der Waals surface area (Å²) in [6.45, 7) is 0.250. The van der Waals surface area contributed by atoms with Crippen molar-refractivity contribution in [3.05, 3.63) is 23.8 Å². The summed E-state index contributed by atoms with van der Waals surface area (Å²) in [5.74, 6) is 0.614. The average Bonchev–Trinajstić information content (AvgIpc) is 2.35. The van der Waals surface area contributed by atoms with Crippen molar-refractivity contribution in [2.24, 2.45) is 0 Å². The minimum absolute atomic E-state index is 0.250. The first kappa shape index (κ1) is 11.9. The van der Waals surface area contributed by atoms with E-state index in [2.05, 4.69) is 5.32 Å². The SMILES string of the molecule is COc1ccc(CNC(=O)C#N)c(OC)c1. The van der Waals surface area contributed by atoms with E-state index in [4.69, 9.17) is 14.7 Å². The van der Waals surface area contributed by atoms with Crippen molar-refractivity contribution in [2.75, 3.05) is 14.2 Å². The third-order valence-corrected chi connectivity index (χ3v) is 2.04. The molecule has 0 aliphatic heterocycles. The van der Waals surface area contributed by atoms with Crippen LogP contribution in [0.1, 0.15) is 5.56 Å². The Morgan fingerprint density at radius 2 is 2.19 bits per heavy atom. The Morgan fingerprint density at radius 1 is 1.44 bits per heavy atom. The molecule has 0 aliphatic rings. The molecule has 0 unspecified atom stereocenters. The van der Waals surface area contributed by atoms with Gasteiger partial charge < -0.3 is 14.8 Å². The molecule has 84 valence electrons. The summed E-state index contributed by atoms with van der Waals surface area (Å²) >= 11 is 0. The van der Waals surface area contributed by atoms with Crippen LogP contribution in [0.5, 0.6) is 11.5 Å². The summed E-state index contributed by atoms with van der Waals surface area (Å²) in [7, 11) is 3.09. The van der Waals surface area contributed by atoms with Crippen LogP contribution >= 0.6 is 0 Å². The van der Waals surface area contributed by atoms with Gasteiger partial charge in [-0.05, 0) is 12.1 Å². The highest BCUT2D eigenvalue weighted by Gasteiger charge is 2.06. The topological polar surface area (TPSA) is 71.3 Å². The molecule has 5 nitrogen and oxygen atoms in total. The highest BCUT2D eigenvalue weighted by molar-refractivity contribution is 5.91. The maximum Gasteiger partial charge on any atom is 0.322 e. The van der Waals surface area contributed by atoms with Gasteiger partial charge in [-0.2, -0.15) is 5.26 Å². The molecule has 0 spiro atoms. The predicted molar refractivity (Wildman–Crippen MR) is 57.0 cm³/mol. The summed E-state index contributed by atoms with van der Waals surface area (Å²) in [5.41, 5.74) is 0.784. The predicted octanol–water partition coefficient (Wildman–Crippen LogP) is 0.844. The molecule has 1 rings (SSSR count). The van der Waals surface area contributed by atoms with E-state index >= 15 is 0 Å². The first-order valence-electron chi connectivity index (χ1n) is 4.60. The Balaban J connectivity index is 2.80. The van der Waals surface area contributed by atoms with Gasteiger partial charge in [0, 0.05) is 18.2 Å². The monoisotopic (exact) mass is 220 g/mol. The zero-order valence-corrected chi connectivity index (χ0v) is 9.11. The summed E-state index contributed by atoms with van der Waals surface area (Å²) < 4.78 is 10.2. The summed E-state index contributed by atoms with van der Waals surface area (Å²) in [6, 6.07) is 6.73. The Kier molecular flexibility index (Phi) is 4.16. The van der Waals surface area contributed by atoms with Crippen molar-refractivity contribution in [1.29, 1.82) is 5.26 Å². The van der Waals surface area contributed by atoms with Gasteiger partial charge in [0.2, 0.25) is 0 Å². The number of rotatable bonds is 4. The molecule has 0 aromatic heterocycles. The Hall–Kier alpha value is -2.22. The fraction of sp³-hybridized carbons (Fsp3) is 0.273. The first-order chi connectivity index (χ1) is 7.71. The zero-order valence-electron chi connectivity index (χ0n) is 9.11. The number of hydrogen-bond donors (Lipinski definition) is 1. The van der Waals surface area contributed by atoms with Crippen LogP contribution in [0.3, 0.4) is 0 Å². The molecular weight excluding hydrogens is 208 g/mol. The third-order valence-electron chi connectivity index (χ3n) is 2.04. The van der Waals surface area contributed by atoms with Gasteiger partial charge in [0.15, 0.2) is 6.07 Å². The normalized spacial score (nSPS) is 9.06. The Labute approximate surface area is 93.6 Å². The second-order valence-corrected chi connectivity index (χ2v) is 2.97. The smallest absolute Gasteiger partial charge is 0.322 e. The maximum absolute atomic E-state index is 10.8. The average molecular weight is 220 g/mol. The lowest BCUT2D eigenvalue weighted by Gasteiger charge is -2.09. The Bertz CT molecular complexity index is 424. The van der Waals surface area contributed by atoms with Crippen LogP contribution < -0.4 is 14.8 Å². The Morgan fingerprint density at radius 3 is 2.75 bits per heavy atom. The van der Waals surface area contributed by atoms with Crippen LogP contribution in [0.2, 0.25) is 0 Å². The van der Waals surface area contributed by atoms with Crippen LogP contribution in [0, 0.1) is 11.3 Å². The molecule has 0 saturated heterocycles. The van der Waals surface area contributed by atoms with Gasteiger partial charge in [-0.25, -0.2) is 0 Å². The van der Waals surface area contributed by atoms with Crippen molar-refractivity contribution in [3.63, 3.8) is 0 Å². The number of nitriles is 1. The van der Waals surface area contributed by atoms with Crippen LogP contribution in [0.15, 0.2) is 18.2 Å². The van der Waals surface area contributed by atoms with Gasteiger partial charge >= 0.3 is 5.91 Å². The van der Waals surface area contributed by atoms with Crippen LogP contribution in [-0.4, -0.2) is 20.1 Å². The summed E-state index contributed by atoms with van der Waals surface area (Å²) in [6.07, 6.45) is 0. The van der Waals surface area contributed by atoms with E-state index in [1.54, 1.807) is 25.3 Å². The molecule has 16 heavy (non-hydrogen) atoms. The van der Waals surface area contributed by atoms with E-state index in [1.807, 2.05) is 0 Å². The van der Waals surface area contributed by atoms with E-state index < -0.39 is 5.91 Å². The van der Waals surface area contributed by atoms with Gasteiger partial charge in [-0.3, -0.25) is 4.79 Å². The van der Waals surface area contributed by atoms with Crippen LogP contribution in [-0.2, 0) is 11.3 Å². The van der Waals surface area contributed by atoms with Gasteiger partial charge in [-0.15, -0.1) is 0 Å². The van der Waals surface area contributed by atoms with E-state index in [0.29, 0.717) is 11.5 Å². The van der Waals surface area contributed by atoms with Crippen molar-refractivity contribution >= 4 is 5.91 Å². The molecule has 1 N–H and O–H groups in total. The molecule has 0 saturated carbocycles. The molecule has 0 radical (unpaired) electrons. The molecule has 1 aromatic carbocycles. The van der Waals surface area contributed by atoms with Crippen molar-refractivity contribution < 1.29 is 14.3 Å². The van der Waals surface area contributed by atoms with E-state index in [-0.39, 0.29) is 6.54 Å². The fourth-order valence-electron chi connectivity index (χ4n) is 1.21. The number of methoxy groups -OCH3 is 2. The van der Waals surface area contributed by atoms with Crippen molar-refractivity contribution in [3.8, 4) is 17.6 Å². The largest absolute Gasteiger partial charge is 0.497 e. The molecule has 0 heterocycles. The van der Waals surface area contributed by atoms with Gasteiger partial charge in [0.1, 0.15) is 11.5 Å². The highest BCUT2D eigenvalue weighted by atomic mass is 16.5. The molecule has 0 atom stereocenters. The lowest BCUT2D eigenvalue weighted by atomic mass is 10.2. The number of amides is 1. The number of nitrogens with zero attached hydrogens (tertiary/aromatic N) is 1. The number of hydrogen-bond acceptors (Lipinski definition) is 4. The van der Waals surface area contributed by atoms with E-state index in [1.165, 1.54) is 13.2 Å². The quantitative estimate of drug-likeness (QED) is 0.763. The summed E-state index contributed by atoms with van der Waals surface area (Å²) in [4.78, 5) is 10.8. The van der Waals surface area contributed by atoms with Crippen LogP contribution in [0.4, 0.5) is 0 Å². The van der Waals surface area contributed by atoms with E-state index in [9.17, 15) is 4.79 Å². The lowest BCUT2D eigenvalue weighted by Crippen LogP contribution is -2.20. The molecule has 5 heteroatoms. The second kappa shape index (κ2) is 5.61. The molecule has 0 aliphatic carbocycles. The fourth-order valence-corrected chi connectivity index (χ4v) is 1.21. The minimum Gasteiger partial charge on any atom is -0.497 e. The van der Waals surface area contributed by atoms with Gasteiger partial charge in [-0.1, -0.05) is 0 Å². The molecule has 0 fully saturated rings. The number of carbonyl (C=O) groups excluding carboxylic acids is 1. The standard InChI is InChI=1S/C11H12N2O3/c1-15-9-4-3-8(10(5-9)16-2)7-13-11(14)6-12/h3-5H,7H2,1-2H3,(H,13,14). The number of carbonyl (C=O) groups is 1. The lowest BCUT2D eigenvalue weighted by molar-refractivity contribution is -0.116. The van der Waals surface area contributed by atoms with Gasteiger partial charge in [0.25, 0.3) is 0 Å². The van der Waals surface area contributed by atoms with Crippen molar-refractivity contribution in [2.45, 2.75) is 6.54 Å². The number of benzene rings is 1. The van der Waals surface area contributed by atoms with Crippen molar-refractivity contribution in [1.82, 2.24) is 5.32 Å². The van der Waals surface area contributed by atoms with E-state index in [0.717, 1.165) is 5.56 Å². The molecule has 0 bridgehead atoms. The summed E-state index contributed by atoms with van der Waals surface area (Å²) in [5, 5.41) is 10.7. The minimum atomic E-state index is -0.669. The molecule has 1 aromatic rings. The van der Waals surface area contributed by atoms with Gasteiger partial charge in [0.05, 0.1) is 14.2 Å². The highest BCUT2D eigenvalue weighted by Crippen LogP contribution is 2.24.